The number of rotatable bonds is 7. The molecule has 0 saturated carbocycles. The largest absolute Gasteiger partial charge is 0.493 e. The predicted octanol–water partition coefficient (Wildman–Crippen LogP) is 4.61. The Morgan fingerprint density at radius 3 is 2.72 bits per heavy atom. The van der Waals surface area contributed by atoms with E-state index in [1.807, 2.05) is 43.3 Å². The summed E-state index contributed by atoms with van der Waals surface area (Å²) >= 11 is 4.67. The number of halogens is 1. The van der Waals surface area contributed by atoms with Crippen LogP contribution in [0.25, 0.3) is 11.4 Å². The molecular weight excluding hydrogens is 402 g/mol. The molecule has 0 aliphatic carbocycles. The van der Waals surface area contributed by atoms with Crippen LogP contribution >= 0.6 is 27.7 Å². The molecule has 0 spiro atoms. The maximum atomic E-state index is 12.2. The summed E-state index contributed by atoms with van der Waals surface area (Å²) in [6.07, 6.45) is 0. The molecule has 0 amide bonds. The second-order valence-corrected chi connectivity index (χ2v) is 6.97. The quantitative estimate of drug-likeness (QED) is 0.449. The highest BCUT2D eigenvalue weighted by Gasteiger charge is 2.13. The Balaban J connectivity index is 1.68. The molecule has 0 fully saturated rings. The van der Waals surface area contributed by atoms with Crippen molar-refractivity contribution in [3.63, 3.8) is 0 Å². The molecule has 7 heteroatoms. The number of ether oxygens (including phenoxy) is 1. The van der Waals surface area contributed by atoms with Gasteiger partial charge in [-0.15, -0.1) is 5.10 Å². The van der Waals surface area contributed by atoms with Gasteiger partial charge in [-0.25, -0.2) is 4.98 Å². The van der Waals surface area contributed by atoms with Gasteiger partial charge in [0.05, 0.1) is 17.9 Å². The lowest BCUT2D eigenvalue weighted by Crippen LogP contribution is -2.02. The molecule has 25 heavy (non-hydrogen) atoms. The number of H-pyrrole nitrogens is 1. The molecule has 0 aliphatic rings. The predicted molar refractivity (Wildman–Crippen MR) is 102 cm³/mol. The average molecular weight is 418 g/mol. The average Bonchev–Trinajstić information content (AvgIpc) is 3.10. The molecule has 128 valence electrons. The van der Waals surface area contributed by atoms with Gasteiger partial charge in [0, 0.05) is 10.0 Å². The van der Waals surface area contributed by atoms with Crippen LogP contribution in [0.3, 0.4) is 0 Å². The summed E-state index contributed by atoms with van der Waals surface area (Å²) in [6, 6.07) is 15.0. The van der Waals surface area contributed by atoms with Crippen molar-refractivity contribution in [2.75, 3.05) is 12.4 Å². The van der Waals surface area contributed by atoms with Crippen LogP contribution in [0.2, 0.25) is 0 Å². The third kappa shape index (κ3) is 4.49. The molecule has 3 rings (SSSR count). The van der Waals surface area contributed by atoms with Crippen molar-refractivity contribution < 1.29 is 9.53 Å². The molecule has 1 aromatic heterocycles. The number of nitrogens with one attached hydrogen (secondary N) is 1. The summed E-state index contributed by atoms with van der Waals surface area (Å²) < 4.78 is 6.56. The van der Waals surface area contributed by atoms with Crippen LogP contribution < -0.4 is 4.74 Å². The fraction of sp³-hybridized carbons (Fsp3) is 0.167. The van der Waals surface area contributed by atoms with Gasteiger partial charge < -0.3 is 4.74 Å². The third-order valence-corrected chi connectivity index (χ3v) is 4.78. The summed E-state index contributed by atoms with van der Waals surface area (Å²) in [5.41, 5.74) is 1.52. The van der Waals surface area contributed by atoms with Gasteiger partial charge in [-0.3, -0.25) is 9.89 Å². The van der Waals surface area contributed by atoms with Crippen LogP contribution in [0.4, 0.5) is 0 Å². The summed E-state index contributed by atoms with van der Waals surface area (Å²) in [7, 11) is 0. The molecule has 5 nitrogen and oxygen atoms in total. The standard InChI is InChI=1S/C18H16BrN3O2S/c1-2-24-16-6-4-3-5-14(16)17-20-18(22-21-17)25-11-15(23)12-7-9-13(19)10-8-12/h3-10H,2,11H2,1H3,(H,20,21,22). The first-order chi connectivity index (χ1) is 12.2. The highest BCUT2D eigenvalue weighted by molar-refractivity contribution is 9.10. The van der Waals surface area contributed by atoms with E-state index in [0.717, 1.165) is 15.8 Å². The van der Waals surface area contributed by atoms with E-state index in [9.17, 15) is 4.79 Å². The maximum absolute atomic E-state index is 12.2. The van der Waals surface area contributed by atoms with Crippen LogP contribution in [0.1, 0.15) is 17.3 Å². The van der Waals surface area contributed by atoms with Crippen molar-refractivity contribution in [1.29, 1.82) is 0 Å². The number of aromatic nitrogens is 3. The Labute approximate surface area is 158 Å². The smallest absolute Gasteiger partial charge is 0.209 e. The summed E-state index contributed by atoms with van der Waals surface area (Å²) in [5, 5.41) is 7.63. The minimum atomic E-state index is 0.0403. The molecule has 3 aromatic rings. The molecule has 1 N–H and O–H groups in total. The number of hydrogen-bond acceptors (Lipinski definition) is 5. The SMILES string of the molecule is CCOc1ccccc1-c1nc(SCC(=O)c2ccc(Br)cc2)n[nH]1. The lowest BCUT2D eigenvalue weighted by Gasteiger charge is -2.06. The lowest BCUT2D eigenvalue weighted by molar-refractivity contribution is 0.102. The van der Waals surface area contributed by atoms with Gasteiger partial charge in [0.1, 0.15) is 5.75 Å². The summed E-state index contributed by atoms with van der Waals surface area (Å²) in [4.78, 5) is 16.7. The van der Waals surface area contributed by atoms with E-state index in [1.165, 1.54) is 11.8 Å². The van der Waals surface area contributed by atoms with Gasteiger partial charge >= 0.3 is 0 Å². The number of ketones is 1. The van der Waals surface area contributed by atoms with Crippen molar-refractivity contribution in [3.8, 4) is 17.1 Å². The third-order valence-electron chi connectivity index (χ3n) is 3.41. The topological polar surface area (TPSA) is 67.9 Å². The fourth-order valence-electron chi connectivity index (χ4n) is 2.22. The number of Topliss-reactive ketones (excluding diaryl/α,β-unsaturated/α-hetero) is 1. The van der Waals surface area contributed by atoms with Gasteiger partial charge in [-0.05, 0) is 31.2 Å². The van der Waals surface area contributed by atoms with E-state index in [0.29, 0.717) is 23.2 Å². The first-order valence-corrected chi connectivity index (χ1v) is 9.51. The van der Waals surface area contributed by atoms with Crippen LogP contribution in [0, 0.1) is 0 Å². The van der Waals surface area contributed by atoms with E-state index >= 15 is 0 Å². The first-order valence-electron chi connectivity index (χ1n) is 7.73. The Morgan fingerprint density at radius 1 is 1.20 bits per heavy atom. The van der Waals surface area contributed by atoms with Crippen molar-refractivity contribution in [2.24, 2.45) is 0 Å². The second kappa shape index (κ2) is 8.31. The molecule has 0 unspecified atom stereocenters. The lowest BCUT2D eigenvalue weighted by atomic mass is 10.2. The van der Waals surface area contributed by atoms with E-state index in [4.69, 9.17) is 4.74 Å². The zero-order valence-electron chi connectivity index (χ0n) is 13.5. The minimum absolute atomic E-state index is 0.0403. The number of aromatic amines is 1. The van der Waals surface area contributed by atoms with Gasteiger partial charge in [-0.1, -0.05) is 52.0 Å². The number of carbonyl (C=O) groups is 1. The van der Waals surface area contributed by atoms with Crippen LogP contribution in [0.5, 0.6) is 5.75 Å². The zero-order chi connectivity index (χ0) is 17.6. The first kappa shape index (κ1) is 17.7. The zero-order valence-corrected chi connectivity index (χ0v) is 15.9. The van der Waals surface area contributed by atoms with Crippen molar-refractivity contribution in [3.05, 3.63) is 58.6 Å². The number of carbonyl (C=O) groups excluding carboxylic acids is 1. The highest BCUT2D eigenvalue weighted by Crippen LogP contribution is 2.28. The van der Waals surface area contributed by atoms with Crippen molar-refractivity contribution in [1.82, 2.24) is 15.2 Å². The molecule has 0 saturated heterocycles. The highest BCUT2D eigenvalue weighted by atomic mass is 79.9. The fourth-order valence-corrected chi connectivity index (χ4v) is 3.18. The Morgan fingerprint density at radius 2 is 1.96 bits per heavy atom. The van der Waals surface area contributed by atoms with Gasteiger partial charge in [0.15, 0.2) is 11.6 Å². The van der Waals surface area contributed by atoms with Gasteiger partial charge in [-0.2, -0.15) is 0 Å². The van der Waals surface area contributed by atoms with Crippen molar-refractivity contribution in [2.45, 2.75) is 12.1 Å². The second-order valence-electron chi connectivity index (χ2n) is 5.11. The van der Waals surface area contributed by atoms with Crippen LogP contribution in [0.15, 0.2) is 58.2 Å². The Bertz CT molecular complexity index is 865. The molecular formula is C18H16BrN3O2S. The summed E-state index contributed by atoms with van der Waals surface area (Å²) in [6.45, 7) is 2.51. The molecule has 0 aliphatic heterocycles. The molecule has 0 atom stereocenters. The molecule has 1 heterocycles. The maximum Gasteiger partial charge on any atom is 0.209 e. The van der Waals surface area contributed by atoms with E-state index < -0.39 is 0 Å². The molecule has 0 bridgehead atoms. The Kier molecular flexibility index (Phi) is 5.88. The van der Waals surface area contributed by atoms with Crippen LogP contribution in [-0.2, 0) is 0 Å². The number of para-hydroxylation sites is 1. The minimum Gasteiger partial charge on any atom is -0.493 e. The van der Waals surface area contributed by atoms with E-state index in [2.05, 4.69) is 31.1 Å². The van der Waals surface area contributed by atoms with E-state index in [-0.39, 0.29) is 11.5 Å². The van der Waals surface area contributed by atoms with Gasteiger partial charge in [0.2, 0.25) is 5.16 Å². The molecule has 2 aromatic carbocycles. The van der Waals surface area contributed by atoms with E-state index in [1.54, 1.807) is 12.1 Å². The number of thioether (sulfide) groups is 1. The number of nitrogens with zero attached hydrogens (tertiary/aromatic N) is 2. The number of hydrogen-bond donors (Lipinski definition) is 1. The number of benzene rings is 2. The molecule has 0 radical (unpaired) electrons. The Hall–Kier alpha value is -2.12. The van der Waals surface area contributed by atoms with Gasteiger partial charge in [0.25, 0.3) is 0 Å². The van der Waals surface area contributed by atoms with Crippen molar-refractivity contribution >= 4 is 33.5 Å². The van der Waals surface area contributed by atoms with Crippen LogP contribution in [-0.4, -0.2) is 33.3 Å². The normalized spacial score (nSPS) is 10.6. The summed E-state index contributed by atoms with van der Waals surface area (Å²) in [5.74, 6) is 1.70. The monoisotopic (exact) mass is 417 g/mol.